The highest BCUT2D eigenvalue weighted by Gasteiger charge is 2.25. The summed E-state index contributed by atoms with van der Waals surface area (Å²) in [6.45, 7) is 7.90. The summed E-state index contributed by atoms with van der Waals surface area (Å²) in [6, 6.07) is 0. The molecule has 0 bridgehead atoms. The van der Waals surface area contributed by atoms with Crippen molar-refractivity contribution < 1.29 is 4.74 Å². The van der Waals surface area contributed by atoms with Crippen LogP contribution in [0.5, 0.6) is 0 Å². The van der Waals surface area contributed by atoms with Gasteiger partial charge in [0.1, 0.15) is 0 Å². The second-order valence-electron chi connectivity index (χ2n) is 4.74. The van der Waals surface area contributed by atoms with Gasteiger partial charge in [-0.1, -0.05) is 46.5 Å². The third kappa shape index (κ3) is 4.99. The Morgan fingerprint density at radius 2 is 2.14 bits per heavy atom. The minimum atomic E-state index is 0.582. The van der Waals surface area contributed by atoms with E-state index in [1.165, 1.54) is 38.5 Å². The van der Waals surface area contributed by atoms with Crippen LogP contribution in [0.3, 0.4) is 0 Å². The highest BCUT2D eigenvalue weighted by molar-refractivity contribution is 4.92. The normalized spacial score (nSPS) is 22.7. The molecular weight excluding hydrogens is 172 g/mol. The fraction of sp³-hybridized carbons (Fsp3) is 0.923. The zero-order valence-corrected chi connectivity index (χ0v) is 10.0. The number of ether oxygens (including phenoxy) is 1. The van der Waals surface area contributed by atoms with Crippen LogP contribution >= 0.6 is 0 Å². The zero-order chi connectivity index (χ0) is 10.4. The van der Waals surface area contributed by atoms with Crippen molar-refractivity contribution in [3.05, 3.63) is 5.92 Å². The van der Waals surface area contributed by atoms with E-state index in [1.807, 2.05) is 0 Å². The van der Waals surface area contributed by atoms with Gasteiger partial charge in [-0.25, -0.2) is 0 Å². The molecule has 1 radical (unpaired) electrons. The van der Waals surface area contributed by atoms with Crippen molar-refractivity contribution in [1.82, 2.24) is 0 Å². The van der Waals surface area contributed by atoms with Crippen molar-refractivity contribution in [3.8, 4) is 0 Å². The minimum Gasteiger partial charge on any atom is -0.373 e. The number of hydrogen-bond donors (Lipinski definition) is 0. The Labute approximate surface area is 89.2 Å². The van der Waals surface area contributed by atoms with E-state index < -0.39 is 0 Å². The second-order valence-corrected chi connectivity index (χ2v) is 4.74. The fourth-order valence-electron chi connectivity index (χ4n) is 2.09. The lowest BCUT2D eigenvalue weighted by atomic mass is 9.87. The molecule has 0 aliphatic carbocycles. The highest BCUT2D eigenvalue weighted by atomic mass is 16.6. The monoisotopic (exact) mass is 197 g/mol. The van der Waals surface area contributed by atoms with Gasteiger partial charge in [0.2, 0.25) is 0 Å². The maximum atomic E-state index is 5.25. The average molecular weight is 197 g/mol. The second kappa shape index (κ2) is 6.44. The molecular formula is C13H25O. The summed E-state index contributed by atoms with van der Waals surface area (Å²) in [6.07, 6.45) is 8.60. The molecule has 83 valence electrons. The SMILES string of the molecule is CCCCC(CC)C[C](C)CC1CO1. The van der Waals surface area contributed by atoms with Crippen molar-refractivity contribution in [2.45, 2.75) is 65.4 Å². The molecule has 0 aromatic rings. The predicted molar refractivity (Wildman–Crippen MR) is 61.2 cm³/mol. The molecule has 1 aliphatic rings. The van der Waals surface area contributed by atoms with Crippen LogP contribution in [-0.2, 0) is 4.74 Å². The molecule has 0 amide bonds. The lowest BCUT2D eigenvalue weighted by Crippen LogP contribution is -2.06. The van der Waals surface area contributed by atoms with E-state index in [0.29, 0.717) is 6.10 Å². The Bertz CT molecular complexity index is 140. The van der Waals surface area contributed by atoms with Gasteiger partial charge in [0.15, 0.2) is 0 Å². The van der Waals surface area contributed by atoms with Crippen molar-refractivity contribution in [1.29, 1.82) is 0 Å². The van der Waals surface area contributed by atoms with Gasteiger partial charge < -0.3 is 4.74 Å². The quantitative estimate of drug-likeness (QED) is 0.536. The molecule has 1 saturated heterocycles. The molecule has 0 N–H and O–H groups in total. The summed E-state index contributed by atoms with van der Waals surface area (Å²) in [5.74, 6) is 2.57. The van der Waals surface area contributed by atoms with Crippen molar-refractivity contribution in [3.63, 3.8) is 0 Å². The van der Waals surface area contributed by atoms with Crippen LogP contribution in [0.2, 0.25) is 0 Å². The molecule has 1 heteroatoms. The molecule has 0 spiro atoms. The van der Waals surface area contributed by atoms with Crippen LogP contribution in [0.4, 0.5) is 0 Å². The lowest BCUT2D eigenvalue weighted by molar-refractivity contribution is 0.376. The summed E-state index contributed by atoms with van der Waals surface area (Å²) in [7, 11) is 0. The first-order valence-electron chi connectivity index (χ1n) is 6.19. The molecule has 1 nitrogen and oxygen atoms in total. The van der Waals surface area contributed by atoms with Crippen molar-refractivity contribution in [2.24, 2.45) is 5.92 Å². The van der Waals surface area contributed by atoms with Crippen molar-refractivity contribution in [2.75, 3.05) is 6.61 Å². The van der Waals surface area contributed by atoms with Gasteiger partial charge >= 0.3 is 0 Å². The molecule has 1 fully saturated rings. The summed E-state index contributed by atoms with van der Waals surface area (Å²) in [5, 5.41) is 0. The van der Waals surface area contributed by atoms with Gasteiger partial charge in [-0.05, 0) is 24.7 Å². The average Bonchev–Trinajstić information content (AvgIpc) is 2.95. The van der Waals surface area contributed by atoms with Gasteiger partial charge in [0.05, 0.1) is 12.7 Å². The molecule has 0 aromatic carbocycles. The Morgan fingerprint density at radius 3 is 2.64 bits per heavy atom. The van der Waals surface area contributed by atoms with Gasteiger partial charge in [-0.2, -0.15) is 0 Å². The van der Waals surface area contributed by atoms with Crippen LogP contribution < -0.4 is 0 Å². The van der Waals surface area contributed by atoms with Gasteiger partial charge in [-0.3, -0.25) is 0 Å². The van der Waals surface area contributed by atoms with E-state index in [4.69, 9.17) is 4.74 Å². The van der Waals surface area contributed by atoms with Gasteiger partial charge in [0.25, 0.3) is 0 Å². The number of rotatable bonds is 8. The van der Waals surface area contributed by atoms with E-state index >= 15 is 0 Å². The van der Waals surface area contributed by atoms with Crippen molar-refractivity contribution >= 4 is 0 Å². The third-order valence-corrected chi connectivity index (χ3v) is 3.16. The topological polar surface area (TPSA) is 12.5 Å². The van der Waals surface area contributed by atoms with E-state index in [9.17, 15) is 0 Å². The molecule has 0 saturated carbocycles. The summed E-state index contributed by atoms with van der Waals surface area (Å²) < 4.78 is 5.25. The van der Waals surface area contributed by atoms with Gasteiger partial charge in [-0.15, -0.1) is 0 Å². The Balaban J connectivity index is 2.09. The van der Waals surface area contributed by atoms with E-state index in [0.717, 1.165) is 12.5 Å². The molecule has 2 unspecified atom stereocenters. The first-order valence-corrected chi connectivity index (χ1v) is 6.19. The minimum absolute atomic E-state index is 0.582. The summed E-state index contributed by atoms with van der Waals surface area (Å²) in [4.78, 5) is 0. The standard InChI is InChI=1S/C13H25O/c1-4-6-7-12(5-2)8-11(3)9-13-10-14-13/h12-13H,4-10H2,1-3H3. The molecule has 1 aliphatic heterocycles. The van der Waals surface area contributed by atoms with E-state index in [2.05, 4.69) is 20.8 Å². The maximum absolute atomic E-state index is 5.25. The lowest BCUT2D eigenvalue weighted by Gasteiger charge is -2.18. The largest absolute Gasteiger partial charge is 0.373 e. The maximum Gasteiger partial charge on any atom is 0.0815 e. The molecule has 0 aromatic heterocycles. The molecule has 2 atom stereocenters. The summed E-state index contributed by atoms with van der Waals surface area (Å²) in [5.41, 5.74) is 0. The first kappa shape index (κ1) is 12.0. The fourth-order valence-corrected chi connectivity index (χ4v) is 2.09. The Morgan fingerprint density at radius 1 is 1.43 bits per heavy atom. The molecule has 14 heavy (non-hydrogen) atoms. The number of unbranched alkanes of at least 4 members (excludes halogenated alkanes) is 1. The predicted octanol–water partition coefficient (Wildman–Crippen LogP) is 3.98. The smallest absolute Gasteiger partial charge is 0.0815 e. The van der Waals surface area contributed by atoms with Crippen LogP contribution in [0.15, 0.2) is 0 Å². The van der Waals surface area contributed by atoms with Crippen LogP contribution in [0.25, 0.3) is 0 Å². The van der Waals surface area contributed by atoms with E-state index in [-0.39, 0.29) is 0 Å². The van der Waals surface area contributed by atoms with Crippen LogP contribution in [0, 0.1) is 11.8 Å². The Kier molecular flexibility index (Phi) is 5.54. The van der Waals surface area contributed by atoms with Crippen LogP contribution in [0.1, 0.15) is 59.3 Å². The molecule has 1 heterocycles. The first-order chi connectivity index (χ1) is 6.76. The number of hydrogen-bond acceptors (Lipinski definition) is 1. The third-order valence-electron chi connectivity index (χ3n) is 3.16. The van der Waals surface area contributed by atoms with Gasteiger partial charge in [0, 0.05) is 0 Å². The zero-order valence-electron chi connectivity index (χ0n) is 10.0. The van der Waals surface area contributed by atoms with E-state index in [1.54, 1.807) is 5.92 Å². The summed E-state index contributed by atoms with van der Waals surface area (Å²) >= 11 is 0. The number of epoxide rings is 1. The van der Waals surface area contributed by atoms with Crippen LogP contribution in [-0.4, -0.2) is 12.7 Å². The molecule has 1 rings (SSSR count). The highest BCUT2D eigenvalue weighted by Crippen LogP contribution is 2.28. The Hall–Kier alpha value is -0.0400.